The van der Waals surface area contributed by atoms with Crippen LogP contribution in [0.4, 0.5) is 4.79 Å². The lowest BCUT2D eigenvalue weighted by Crippen LogP contribution is -2.21. The largest absolute Gasteiger partial charge is 0.449 e. The van der Waals surface area contributed by atoms with E-state index in [1.165, 1.54) is 16.7 Å². The minimum atomic E-state index is -0.333. The smallest absolute Gasteiger partial charge is 0.417 e. The first-order chi connectivity index (χ1) is 5.34. The molecule has 0 atom stereocenters. The van der Waals surface area contributed by atoms with E-state index < -0.39 is 0 Å². The van der Waals surface area contributed by atoms with Crippen LogP contribution in [0.2, 0.25) is 0 Å². The Hall–Kier alpha value is -0.900. The number of rotatable bonds is 1. The van der Waals surface area contributed by atoms with Crippen molar-refractivity contribution in [2.75, 3.05) is 6.61 Å². The summed E-state index contributed by atoms with van der Waals surface area (Å²) in [4.78, 5) is 12.4. The minimum absolute atomic E-state index is 0.333. The van der Waals surface area contributed by atoms with Gasteiger partial charge < -0.3 is 4.74 Å². The Morgan fingerprint density at radius 2 is 2.18 bits per heavy atom. The van der Waals surface area contributed by atoms with E-state index in [4.69, 9.17) is 4.74 Å². The Balaban J connectivity index is 2.45. The number of carbonyl (C=O) groups is 1. The van der Waals surface area contributed by atoms with Crippen molar-refractivity contribution in [2.24, 2.45) is 0 Å². The van der Waals surface area contributed by atoms with Crippen molar-refractivity contribution >= 4 is 17.9 Å². The van der Waals surface area contributed by atoms with E-state index in [1.54, 1.807) is 19.3 Å². The van der Waals surface area contributed by atoms with E-state index in [1.807, 2.05) is 10.8 Å². The maximum Gasteiger partial charge on any atom is 0.417 e. The van der Waals surface area contributed by atoms with E-state index in [0.29, 0.717) is 6.61 Å². The molecule has 0 spiro atoms. The number of hydrogen-bond acceptors (Lipinski definition) is 3. The quantitative estimate of drug-likeness (QED) is 0.605. The number of ether oxygens (including phenoxy) is 1. The molecule has 1 rings (SSSR count). The van der Waals surface area contributed by atoms with Gasteiger partial charge in [0.25, 0.3) is 0 Å². The Morgan fingerprint density at radius 3 is 2.73 bits per heavy atom. The van der Waals surface area contributed by atoms with Gasteiger partial charge in [0.2, 0.25) is 0 Å². The second-order valence-corrected chi connectivity index (χ2v) is 2.63. The van der Waals surface area contributed by atoms with Gasteiger partial charge in [-0.05, 0) is 17.7 Å². The molecule has 0 aromatic rings. The van der Waals surface area contributed by atoms with Gasteiger partial charge in [-0.15, -0.1) is 11.8 Å². The Morgan fingerprint density at radius 1 is 1.55 bits per heavy atom. The van der Waals surface area contributed by atoms with Crippen LogP contribution in [0.5, 0.6) is 0 Å². The third kappa shape index (κ3) is 2.31. The van der Waals surface area contributed by atoms with Crippen molar-refractivity contribution in [1.82, 2.24) is 4.90 Å². The van der Waals surface area contributed by atoms with Gasteiger partial charge >= 0.3 is 6.09 Å². The third-order valence-electron chi connectivity index (χ3n) is 1.08. The maximum absolute atomic E-state index is 11.0. The van der Waals surface area contributed by atoms with Crippen LogP contribution in [0, 0.1) is 0 Å². The highest BCUT2D eigenvalue weighted by molar-refractivity contribution is 8.04. The Kier molecular flexibility index (Phi) is 3.04. The van der Waals surface area contributed by atoms with Crippen molar-refractivity contribution in [3.63, 3.8) is 0 Å². The van der Waals surface area contributed by atoms with E-state index in [2.05, 4.69) is 0 Å². The lowest BCUT2D eigenvalue weighted by molar-refractivity contribution is 0.133. The summed E-state index contributed by atoms with van der Waals surface area (Å²) in [6, 6.07) is 0. The SMILES string of the molecule is CCOC(=O)N1C=CSC=C1. The van der Waals surface area contributed by atoms with Gasteiger partial charge in [0.15, 0.2) is 0 Å². The molecular weight excluding hydrogens is 162 g/mol. The van der Waals surface area contributed by atoms with Crippen LogP contribution in [0.3, 0.4) is 0 Å². The topological polar surface area (TPSA) is 29.5 Å². The van der Waals surface area contributed by atoms with Gasteiger partial charge in [0.05, 0.1) is 6.61 Å². The van der Waals surface area contributed by atoms with Gasteiger partial charge in [-0.25, -0.2) is 4.79 Å². The molecule has 0 bridgehead atoms. The molecule has 0 unspecified atom stereocenters. The van der Waals surface area contributed by atoms with Crippen molar-refractivity contribution in [3.05, 3.63) is 23.2 Å². The maximum atomic E-state index is 11.0. The Bertz CT molecular complexity index is 189. The van der Waals surface area contributed by atoms with Crippen LogP contribution in [-0.2, 0) is 4.74 Å². The second-order valence-electron chi connectivity index (χ2n) is 1.81. The average Bonchev–Trinajstić information content (AvgIpc) is 2.07. The molecule has 3 nitrogen and oxygen atoms in total. The first-order valence-electron chi connectivity index (χ1n) is 3.28. The number of amides is 1. The highest BCUT2D eigenvalue weighted by Gasteiger charge is 2.08. The molecular formula is C7H9NO2S. The molecule has 1 aliphatic rings. The molecule has 0 aliphatic carbocycles. The fourth-order valence-electron chi connectivity index (χ4n) is 0.616. The summed E-state index contributed by atoms with van der Waals surface area (Å²) in [5, 5.41) is 3.63. The van der Waals surface area contributed by atoms with Crippen LogP contribution in [0.15, 0.2) is 23.2 Å². The molecule has 1 heterocycles. The zero-order valence-electron chi connectivity index (χ0n) is 6.19. The van der Waals surface area contributed by atoms with E-state index in [0.717, 1.165) is 0 Å². The number of thioether (sulfide) groups is 1. The standard InChI is InChI=1S/C7H9NO2S/c1-2-10-7(9)8-3-5-11-6-4-8/h3-6H,2H2,1H3. The molecule has 0 saturated carbocycles. The molecule has 11 heavy (non-hydrogen) atoms. The fourth-order valence-corrected chi connectivity index (χ4v) is 1.11. The molecule has 0 aromatic carbocycles. The van der Waals surface area contributed by atoms with Gasteiger partial charge in [0, 0.05) is 12.4 Å². The van der Waals surface area contributed by atoms with Gasteiger partial charge in [-0.2, -0.15) is 0 Å². The highest BCUT2D eigenvalue weighted by atomic mass is 32.2. The summed E-state index contributed by atoms with van der Waals surface area (Å²) in [5.41, 5.74) is 0. The van der Waals surface area contributed by atoms with Crippen LogP contribution in [0.1, 0.15) is 6.92 Å². The van der Waals surface area contributed by atoms with Crippen molar-refractivity contribution < 1.29 is 9.53 Å². The third-order valence-corrected chi connectivity index (χ3v) is 1.64. The predicted octanol–water partition coefficient (Wildman–Crippen LogP) is 2.13. The zero-order valence-corrected chi connectivity index (χ0v) is 7.00. The van der Waals surface area contributed by atoms with Gasteiger partial charge in [-0.1, -0.05) is 0 Å². The highest BCUT2D eigenvalue weighted by Crippen LogP contribution is 2.12. The van der Waals surface area contributed by atoms with Crippen LogP contribution >= 0.6 is 11.8 Å². The van der Waals surface area contributed by atoms with Crippen LogP contribution in [-0.4, -0.2) is 17.6 Å². The minimum Gasteiger partial charge on any atom is -0.449 e. The molecule has 0 N–H and O–H groups in total. The summed E-state index contributed by atoms with van der Waals surface area (Å²) in [6.45, 7) is 2.19. The van der Waals surface area contributed by atoms with Gasteiger partial charge in [0.1, 0.15) is 0 Å². The summed E-state index contributed by atoms with van der Waals surface area (Å²) < 4.78 is 4.76. The zero-order chi connectivity index (χ0) is 8.10. The lowest BCUT2D eigenvalue weighted by atomic mass is 10.7. The summed E-state index contributed by atoms with van der Waals surface area (Å²) in [6.07, 6.45) is 3.01. The predicted molar refractivity (Wildman–Crippen MR) is 44.7 cm³/mol. The lowest BCUT2D eigenvalue weighted by Gasteiger charge is -2.14. The second kappa shape index (κ2) is 4.08. The average molecular weight is 171 g/mol. The first-order valence-corrected chi connectivity index (χ1v) is 4.22. The summed E-state index contributed by atoms with van der Waals surface area (Å²) in [5.74, 6) is 0. The van der Waals surface area contributed by atoms with Crippen LogP contribution in [0.25, 0.3) is 0 Å². The fraction of sp³-hybridized carbons (Fsp3) is 0.286. The van der Waals surface area contributed by atoms with Crippen molar-refractivity contribution in [2.45, 2.75) is 6.92 Å². The summed E-state index contributed by atoms with van der Waals surface area (Å²) in [7, 11) is 0. The van der Waals surface area contributed by atoms with E-state index in [9.17, 15) is 4.79 Å². The Labute approximate surface area is 69.7 Å². The normalized spacial score (nSPS) is 15.2. The molecule has 0 aromatic heterocycles. The molecule has 0 saturated heterocycles. The van der Waals surface area contributed by atoms with Crippen molar-refractivity contribution in [3.8, 4) is 0 Å². The number of hydrogen-bond donors (Lipinski definition) is 0. The first kappa shape index (κ1) is 8.20. The molecule has 4 heteroatoms. The van der Waals surface area contributed by atoms with Gasteiger partial charge in [-0.3, -0.25) is 4.90 Å². The monoisotopic (exact) mass is 171 g/mol. The molecule has 1 amide bonds. The molecule has 60 valence electrons. The van der Waals surface area contributed by atoms with Crippen molar-refractivity contribution in [1.29, 1.82) is 0 Å². The molecule has 0 radical (unpaired) electrons. The van der Waals surface area contributed by atoms with E-state index >= 15 is 0 Å². The molecule has 0 fully saturated rings. The van der Waals surface area contributed by atoms with Crippen LogP contribution < -0.4 is 0 Å². The number of nitrogens with zero attached hydrogens (tertiary/aromatic N) is 1. The molecule has 1 aliphatic heterocycles. The summed E-state index contributed by atoms with van der Waals surface area (Å²) >= 11 is 1.52. The number of carbonyl (C=O) groups excluding carboxylic acids is 1. The van der Waals surface area contributed by atoms with E-state index in [-0.39, 0.29) is 6.09 Å².